The van der Waals surface area contributed by atoms with Gasteiger partial charge in [0.05, 0.1) is 17.4 Å². The molecule has 2 amide bonds. The highest BCUT2D eigenvalue weighted by molar-refractivity contribution is 7.86. The maximum Gasteiger partial charge on any atom is 0.360 e. The smallest absolute Gasteiger partial charge is 0.360 e. The highest BCUT2D eigenvalue weighted by Gasteiger charge is 2.34. The van der Waals surface area contributed by atoms with Gasteiger partial charge in [-0.25, -0.2) is 4.28 Å². The van der Waals surface area contributed by atoms with Crippen LogP contribution >= 0.6 is 0 Å². The van der Waals surface area contributed by atoms with Crippen LogP contribution in [0.3, 0.4) is 0 Å². The van der Waals surface area contributed by atoms with Crippen LogP contribution in [0.1, 0.15) is 26.3 Å². The van der Waals surface area contributed by atoms with E-state index in [1.807, 2.05) is 0 Å². The van der Waals surface area contributed by atoms with Gasteiger partial charge in [-0.15, -0.1) is 0 Å². The van der Waals surface area contributed by atoms with Crippen LogP contribution in [-0.2, 0) is 20.9 Å². The second kappa shape index (κ2) is 9.48. The van der Waals surface area contributed by atoms with Crippen molar-refractivity contribution < 1.29 is 22.3 Å². The summed E-state index contributed by atoms with van der Waals surface area (Å²) in [7, 11) is -4.52. The van der Waals surface area contributed by atoms with Crippen LogP contribution in [0.4, 0.5) is 5.69 Å². The van der Waals surface area contributed by atoms with Gasteiger partial charge >= 0.3 is 10.1 Å². The molecule has 0 fully saturated rings. The van der Waals surface area contributed by atoms with Crippen molar-refractivity contribution in [1.29, 1.82) is 5.53 Å². The number of carbonyl (C=O) groups is 2. The number of rotatable bonds is 8. The molecule has 35 heavy (non-hydrogen) atoms. The van der Waals surface area contributed by atoms with E-state index < -0.39 is 26.8 Å². The minimum absolute atomic E-state index is 0.00602. The van der Waals surface area contributed by atoms with Gasteiger partial charge < -0.3 is 5.73 Å². The minimum Gasteiger partial charge on any atom is -0.399 e. The van der Waals surface area contributed by atoms with Crippen LogP contribution in [-0.4, -0.2) is 25.1 Å². The molecular weight excluding hydrogens is 480 g/mol. The van der Waals surface area contributed by atoms with E-state index in [0.717, 1.165) is 11.0 Å². The Morgan fingerprint density at radius 3 is 2.31 bits per heavy atom. The molecule has 0 saturated carbocycles. The monoisotopic (exact) mass is 494 g/mol. The van der Waals surface area contributed by atoms with Gasteiger partial charge in [-0.3, -0.25) is 14.5 Å². The van der Waals surface area contributed by atoms with E-state index in [9.17, 15) is 18.0 Å². The highest BCUT2D eigenvalue weighted by Crippen LogP contribution is 2.33. The molecule has 1 heterocycles. The van der Waals surface area contributed by atoms with Crippen LogP contribution in [0.15, 0.2) is 96.1 Å². The Labute approximate surface area is 196 Å². The van der Waals surface area contributed by atoms with Gasteiger partial charge in [-0.05, 0) is 57.0 Å². The lowest BCUT2D eigenvalue weighted by atomic mass is 9.94. The fraction of sp³-hybridized carbons (Fsp3) is 0.0526. The molecule has 0 aromatic heterocycles. The summed E-state index contributed by atoms with van der Waals surface area (Å²) in [6.07, 6.45) is 0. The topological polar surface area (TPSA) is 217 Å². The molecule has 3 N–H and O–H groups in total. The molecule has 3 aromatic rings. The van der Waals surface area contributed by atoms with E-state index in [0.29, 0.717) is 22.0 Å². The average molecular weight is 494 g/mol. The van der Waals surface area contributed by atoms with Gasteiger partial charge in [0.1, 0.15) is 4.90 Å². The summed E-state index contributed by atoms with van der Waals surface area (Å²) in [5.41, 5.74) is 13.5. The van der Waals surface area contributed by atoms with E-state index in [2.05, 4.69) is 40.9 Å². The van der Waals surface area contributed by atoms with Gasteiger partial charge in [-0.1, -0.05) is 24.3 Å². The number of nitrogens with zero attached hydrogens (tertiary/aromatic N) is 8. The van der Waals surface area contributed by atoms with Crippen molar-refractivity contribution in [3.8, 4) is 0 Å². The predicted molar refractivity (Wildman–Crippen MR) is 117 cm³/mol. The van der Waals surface area contributed by atoms with Gasteiger partial charge in [0, 0.05) is 32.3 Å². The van der Waals surface area contributed by atoms with E-state index in [-0.39, 0.29) is 17.7 Å². The van der Waals surface area contributed by atoms with E-state index in [1.165, 1.54) is 6.07 Å². The standard InChI is InChI=1S/C19H14N10O5S/c20-13-6-4-11(5-7-13)10-29-18(30)15-3-1-2-12-8-14(9-16(17(12)15)19(29)31)35(32,33)34-28-27-26-25-24-23-22-21/h1-9,21H,10,20H2. The summed E-state index contributed by atoms with van der Waals surface area (Å²) in [5, 5.41) is 20.7. The third-order valence-corrected chi connectivity index (χ3v) is 5.96. The largest absolute Gasteiger partial charge is 0.399 e. The molecule has 1 aliphatic rings. The lowest BCUT2D eigenvalue weighted by Gasteiger charge is -2.27. The van der Waals surface area contributed by atoms with Gasteiger partial charge in [0.2, 0.25) is 0 Å². The molecule has 4 rings (SSSR count). The number of nitrogens with one attached hydrogen (secondary N) is 1. The molecule has 0 unspecified atom stereocenters. The molecule has 3 aromatic carbocycles. The fourth-order valence-electron chi connectivity index (χ4n) is 3.42. The number of imide groups is 1. The number of nitrogen functional groups attached to an aromatic ring is 1. The van der Waals surface area contributed by atoms with Crippen LogP contribution in [0.5, 0.6) is 0 Å². The molecule has 16 heteroatoms. The third kappa shape index (κ3) is 4.71. The van der Waals surface area contributed by atoms with Crippen LogP contribution < -0.4 is 5.73 Å². The summed E-state index contributed by atoms with van der Waals surface area (Å²) in [4.78, 5) is 27.0. The molecule has 0 aliphatic carbocycles. The number of carbonyl (C=O) groups excluding carboxylic acids is 2. The number of hydrogen-bond acceptors (Lipinski definition) is 8. The quantitative estimate of drug-likeness (QED) is 0.204. The van der Waals surface area contributed by atoms with Crippen molar-refractivity contribution in [1.82, 2.24) is 4.90 Å². The summed E-state index contributed by atoms with van der Waals surface area (Å²) in [6.45, 7) is -0.0364. The number of anilines is 1. The Kier molecular flexibility index (Phi) is 6.27. The number of hydrogen-bond donors (Lipinski definition) is 2. The summed E-state index contributed by atoms with van der Waals surface area (Å²) in [5.74, 6) is -1.18. The van der Waals surface area contributed by atoms with Gasteiger partial charge in [0.15, 0.2) is 0 Å². The van der Waals surface area contributed by atoms with Crippen LogP contribution in [0.25, 0.3) is 10.8 Å². The van der Waals surface area contributed by atoms with E-state index in [4.69, 9.17) is 11.3 Å². The lowest BCUT2D eigenvalue weighted by Crippen LogP contribution is -2.39. The molecule has 15 nitrogen and oxygen atoms in total. The number of benzene rings is 3. The molecule has 0 bridgehead atoms. The van der Waals surface area contributed by atoms with Gasteiger partial charge in [-0.2, -0.15) is 13.9 Å². The zero-order valence-electron chi connectivity index (χ0n) is 17.5. The van der Waals surface area contributed by atoms with Crippen molar-refractivity contribution in [2.75, 3.05) is 5.73 Å². The van der Waals surface area contributed by atoms with E-state index in [1.54, 1.807) is 42.5 Å². The molecule has 0 radical (unpaired) electrons. The fourth-order valence-corrected chi connectivity index (χ4v) is 4.15. The Morgan fingerprint density at radius 2 is 1.57 bits per heavy atom. The zero-order chi connectivity index (χ0) is 25.0. The van der Waals surface area contributed by atoms with Crippen molar-refractivity contribution >= 4 is 38.4 Å². The second-order valence-corrected chi connectivity index (χ2v) is 8.50. The first kappa shape index (κ1) is 23.2. The van der Waals surface area contributed by atoms with Crippen molar-refractivity contribution in [3.63, 3.8) is 0 Å². The first-order chi connectivity index (χ1) is 16.8. The first-order valence-electron chi connectivity index (χ1n) is 9.59. The second-order valence-electron chi connectivity index (χ2n) is 6.97. The molecule has 1 aliphatic heterocycles. The first-order valence-corrected chi connectivity index (χ1v) is 11.0. The predicted octanol–water partition coefficient (Wildman–Crippen LogP) is 3.97. The van der Waals surface area contributed by atoms with Crippen LogP contribution in [0.2, 0.25) is 0 Å². The maximum atomic E-state index is 13.3. The normalized spacial score (nSPS) is 14.0. The highest BCUT2D eigenvalue weighted by atomic mass is 32.2. The van der Waals surface area contributed by atoms with Gasteiger partial charge in [0.25, 0.3) is 11.8 Å². The third-order valence-electron chi connectivity index (χ3n) is 4.88. The molecular formula is C19H14N10O5S. The summed E-state index contributed by atoms with van der Waals surface area (Å²) in [6, 6.07) is 13.7. The minimum atomic E-state index is -4.52. The van der Waals surface area contributed by atoms with E-state index >= 15 is 0 Å². The summed E-state index contributed by atoms with van der Waals surface area (Å²) >= 11 is 0. The van der Waals surface area contributed by atoms with Crippen LogP contribution in [0, 0.1) is 5.53 Å². The molecule has 0 spiro atoms. The SMILES string of the molecule is N=NN=NN=NN=NOS(=O)(=O)c1cc2c3c(cccc3c1)C(=O)N(Cc1ccc(N)cc1)C2=O. The van der Waals surface area contributed by atoms with Crippen molar-refractivity contribution in [3.05, 3.63) is 71.3 Å². The zero-order valence-corrected chi connectivity index (χ0v) is 18.3. The summed E-state index contributed by atoms with van der Waals surface area (Å²) < 4.78 is 29.7. The Hall–Kier alpha value is -4.99. The Balaban J connectivity index is 1.69. The van der Waals surface area contributed by atoms with Crippen molar-refractivity contribution in [2.45, 2.75) is 11.4 Å². The Morgan fingerprint density at radius 1 is 0.886 bits per heavy atom. The maximum absolute atomic E-state index is 13.3. The average Bonchev–Trinajstić information content (AvgIpc) is 2.85. The molecule has 0 saturated heterocycles. The molecule has 0 atom stereocenters. The van der Waals surface area contributed by atoms with Crippen molar-refractivity contribution in [2.24, 2.45) is 36.6 Å². The molecule has 176 valence electrons. The Bertz CT molecular complexity index is 1530. The number of amides is 2. The number of nitrogens with two attached hydrogens (primary N) is 1. The lowest BCUT2D eigenvalue weighted by molar-refractivity contribution is 0.0598.